The normalized spacial score (nSPS) is 18.2. The first-order valence-electron chi connectivity index (χ1n) is 15.1. The Morgan fingerprint density at radius 1 is 0.977 bits per heavy atom. The highest BCUT2D eigenvalue weighted by atomic mass is 32.2. The molecule has 2 aliphatic heterocycles. The number of carboxylic acid groups (broad SMARTS) is 1. The molecule has 0 unspecified atom stereocenters. The minimum absolute atomic E-state index is 0.119. The third-order valence-corrected chi connectivity index (χ3v) is 9.88. The van der Waals surface area contributed by atoms with E-state index < -0.39 is 16.1 Å². The van der Waals surface area contributed by atoms with Gasteiger partial charge in [-0.3, -0.25) is 4.79 Å². The zero-order valence-corrected chi connectivity index (χ0v) is 27.0. The number of aliphatic carboxylic acids is 1. The van der Waals surface area contributed by atoms with Gasteiger partial charge in [0.2, 0.25) is 5.69 Å². The number of nitrogens with zero attached hydrogens (tertiary/aromatic N) is 2. The van der Waals surface area contributed by atoms with Gasteiger partial charge < -0.3 is 14.6 Å². The highest BCUT2D eigenvalue weighted by Crippen LogP contribution is 2.48. The van der Waals surface area contributed by atoms with E-state index >= 15 is 0 Å². The number of hydrogen-bond donors (Lipinski definition) is 1. The lowest BCUT2D eigenvalue weighted by atomic mass is 9.79. The van der Waals surface area contributed by atoms with Crippen LogP contribution in [-0.2, 0) is 32.2 Å². The summed E-state index contributed by atoms with van der Waals surface area (Å²) in [6.07, 6.45) is 11.1. The molecular weight excluding hydrogens is 572 g/mol. The van der Waals surface area contributed by atoms with Crippen LogP contribution in [0.3, 0.4) is 0 Å². The van der Waals surface area contributed by atoms with Crippen molar-refractivity contribution in [1.29, 1.82) is 0 Å². The van der Waals surface area contributed by atoms with Crippen LogP contribution in [0, 0.1) is 0 Å². The predicted molar refractivity (Wildman–Crippen MR) is 175 cm³/mol. The molecule has 0 aromatic heterocycles. The molecule has 0 atom stereocenters. The molecule has 0 saturated carbocycles. The quantitative estimate of drug-likeness (QED) is 0.159. The van der Waals surface area contributed by atoms with E-state index in [1.807, 2.05) is 24.3 Å². The summed E-state index contributed by atoms with van der Waals surface area (Å²) in [5, 5.41) is 10.8. The summed E-state index contributed by atoms with van der Waals surface area (Å²) in [6, 6.07) is 14.8. The summed E-state index contributed by atoms with van der Waals surface area (Å²) in [4.78, 5) is 13.2. The van der Waals surface area contributed by atoms with E-state index in [9.17, 15) is 17.8 Å². The van der Waals surface area contributed by atoms with Crippen LogP contribution in [0.15, 0.2) is 89.5 Å². The molecular formula is C36H40N2O5S. The molecule has 0 bridgehead atoms. The summed E-state index contributed by atoms with van der Waals surface area (Å²) in [7, 11) is -4.53. The SMILES string of the molecule is CCN1/C(=C/C=C/C=C/C2=[N+](CC)c3ccc4cc(S(=O)(=O)[O-])ccc4c3C2(C)C)C(C)(C)c2cc(CCC(=O)O)ccc21. The first-order chi connectivity index (χ1) is 20.7. The molecule has 0 aliphatic carbocycles. The van der Waals surface area contributed by atoms with Gasteiger partial charge in [0.1, 0.15) is 16.7 Å². The van der Waals surface area contributed by atoms with E-state index in [1.54, 1.807) is 6.07 Å². The molecule has 2 heterocycles. The van der Waals surface area contributed by atoms with E-state index in [1.165, 1.54) is 29.1 Å². The fourth-order valence-corrected chi connectivity index (χ4v) is 7.40. The van der Waals surface area contributed by atoms with Gasteiger partial charge in [0, 0.05) is 47.5 Å². The number of carbonyl (C=O) groups is 1. The number of hydrogen-bond acceptors (Lipinski definition) is 5. The third-order valence-electron chi connectivity index (χ3n) is 9.05. The Morgan fingerprint density at radius 3 is 2.39 bits per heavy atom. The molecule has 0 spiro atoms. The van der Waals surface area contributed by atoms with Crippen molar-refractivity contribution < 1.29 is 27.4 Å². The second-order valence-electron chi connectivity index (χ2n) is 12.5. The van der Waals surface area contributed by atoms with E-state index in [2.05, 4.69) is 87.5 Å². The lowest BCUT2D eigenvalue weighted by Crippen LogP contribution is -2.27. The minimum Gasteiger partial charge on any atom is -0.744 e. The van der Waals surface area contributed by atoms with Crippen molar-refractivity contribution in [2.75, 3.05) is 18.0 Å². The molecule has 7 nitrogen and oxygen atoms in total. The van der Waals surface area contributed by atoms with Crippen molar-refractivity contribution in [3.63, 3.8) is 0 Å². The summed E-state index contributed by atoms with van der Waals surface area (Å²) < 4.78 is 37.1. The van der Waals surface area contributed by atoms with Crippen LogP contribution >= 0.6 is 0 Å². The zero-order valence-electron chi connectivity index (χ0n) is 26.2. The van der Waals surface area contributed by atoms with Crippen molar-refractivity contribution >= 4 is 43.9 Å². The Kier molecular flexibility index (Phi) is 8.20. The smallest absolute Gasteiger partial charge is 0.303 e. The summed E-state index contributed by atoms with van der Waals surface area (Å²) >= 11 is 0. The summed E-state index contributed by atoms with van der Waals surface area (Å²) in [5.41, 5.74) is 7.37. The number of carboxylic acids is 1. The Hall–Kier alpha value is -4.01. The van der Waals surface area contributed by atoms with Crippen molar-refractivity contribution in [3.8, 4) is 0 Å². The first-order valence-corrected chi connectivity index (χ1v) is 16.5. The molecule has 0 amide bonds. The van der Waals surface area contributed by atoms with Gasteiger partial charge in [-0.2, -0.15) is 4.58 Å². The number of rotatable bonds is 9. The average Bonchev–Trinajstić information content (AvgIpc) is 3.32. The van der Waals surface area contributed by atoms with Crippen molar-refractivity contribution in [2.45, 2.75) is 70.1 Å². The molecule has 8 heteroatoms. The molecule has 5 rings (SSSR count). The maximum Gasteiger partial charge on any atom is 0.303 e. The highest BCUT2D eigenvalue weighted by molar-refractivity contribution is 7.85. The van der Waals surface area contributed by atoms with Crippen molar-refractivity contribution in [2.24, 2.45) is 0 Å². The Labute approximate surface area is 260 Å². The third kappa shape index (κ3) is 5.41. The number of anilines is 1. The molecule has 44 heavy (non-hydrogen) atoms. The van der Waals surface area contributed by atoms with Gasteiger partial charge in [-0.1, -0.05) is 50.3 Å². The average molecular weight is 613 g/mol. The van der Waals surface area contributed by atoms with Gasteiger partial charge in [0.05, 0.1) is 10.3 Å². The number of aryl methyl sites for hydroxylation is 1. The Morgan fingerprint density at radius 2 is 1.73 bits per heavy atom. The van der Waals surface area contributed by atoms with Gasteiger partial charge in [-0.25, -0.2) is 8.42 Å². The van der Waals surface area contributed by atoms with Gasteiger partial charge >= 0.3 is 5.97 Å². The topological polar surface area (TPSA) is 101 Å². The number of fused-ring (bicyclic) bond motifs is 4. The molecule has 3 aromatic carbocycles. The number of allylic oxidation sites excluding steroid dienone is 6. The van der Waals surface area contributed by atoms with Gasteiger partial charge in [0.25, 0.3) is 0 Å². The monoisotopic (exact) mass is 612 g/mol. The van der Waals surface area contributed by atoms with E-state index in [0.29, 0.717) is 6.42 Å². The maximum absolute atomic E-state index is 11.6. The molecule has 0 fully saturated rings. The van der Waals surface area contributed by atoms with Crippen LogP contribution < -0.4 is 4.90 Å². The first kappa shape index (κ1) is 31.4. The lowest BCUT2D eigenvalue weighted by Gasteiger charge is -2.25. The Balaban J connectivity index is 1.43. The van der Waals surface area contributed by atoms with Crippen LogP contribution in [0.25, 0.3) is 10.8 Å². The molecule has 1 N–H and O–H groups in total. The van der Waals surface area contributed by atoms with Gasteiger partial charge in [-0.05, 0) is 86.4 Å². The summed E-state index contributed by atoms with van der Waals surface area (Å²) in [6.45, 7) is 14.6. The van der Waals surface area contributed by atoms with Crippen LogP contribution in [0.1, 0.15) is 64.7 Å². The minimum atomic E-state index is -4.53. The van der Waals surface area contributed by atoms with Crippen LogP contribution in [-0.4, -0.2) is 47.4 Å². The molecule has 0 saturated heterocycles. The van der Waals surface area contributed by atoms with Gasteiger partial charge in [0.15, 0.2) is 5.71 Å². The molecule has 2 aliphatic rings. The standard InChI is InChI=1S/C36H40N2O5S/c1-7-37-29-19-14-24(15-21-33(39)40)22-28(29)35(3,4)31(37)12-10-9-11-13-32-36(5,6)34-27-18-17-26(44(41,42)43)23-25(27)16-20-30(34)38(32)8-2/h9-14,16-20,22-23H,7-8,15,21H2,1-6H3,(H-,39,40,41,42,43). The van der Waals surface area contributed by atoms with E-state index in [0.717, 1.165) is 46.4 Å². The van der Waals surface area contributed by atoms with Crippen LogP contribution in [0.2, 0.25) is 0 Å². The number of likely N-dealkylation sites (N-methyl/N-ethyl adjacent to an activating group) is 1. The molecule has 230 valence electrons. The highest BCUT2D eigenvalue weighted by Gasteiger charge is 2.45. The predicted octanol–water partition coefficient (Wildman–Crippen LogP) is 6.97. The molecule has 0 radical (unpaired) electrons. The second-order valence-corrected chi connectivity index (χ2v) is 13.8. The van der Waals surface area contributed by atoms with E-state index in [-0.39, 0.29) is 22.1 Å². The van der Waals surface area contributed by atoms with Crippen molar-refractivity contribution in [1.82, 2.24) is 0 Å². The number of benzene rings is 3. The van der Waals surface area contributed by atoms with Gasteiger partial charge in [-0.15, -0.1) is 0 Å². The van der Waals surface area contributed by atoms with E-state index in [4.69, 9.17) is 5.11 Å². The fraction of sp³-hybridized carbons (Fsp3) is 0.333. The zero-order chi connectivity index (χ0) is 32.0. The lowest BCUT2D eigenvalue weighted by molar-refractivity contribution is -0.433. The summed E-state index contributed by atoms with van der Waals surface area (Å²) in [5.74, 6) is -0.788. The maximum atomic E-state index is 11.6. The second kappa shape index (κ2) is 11.5. The molecule has 3 aromatic rings. The largest absolute Gasteiger partial charge is 0.744 e. The van der Waals surface area contributed by atoms with Crippen LogP contribution in [0.4, 0.5) is 11.4 Å². The van der Waals surface area contributed by atoms with Crippen molar-refractivity contribution in [3.05, 3.63) is 101 Å². The Bertz CT molecular complexity index is 1890. The fourth-order valence-electron chi connectivity index (χ4n) is 6.90. The van der Waals surface area contributed by atoms with Crippen LogP contribution in [0.5, 0.6) is 0 Å².